The van der Waals surface area contributed by atoms with E-state index >= 15 is 0 Å². The average molecular weight is 251 g/mol. The summed E-state index contributed by atoms with van der Waals surface area (Å²) in [6.45, 7) is 6.41. The van der Waals surface area contributed by atoms with Crippen molar-refractivity contribution in [1.29, 1.82) is 0 Å². The van der Waals surface area contributed by atoms with E-state index in [2.05, 4.69) is 31.3 Å². The van der Waals surface area contributed by atoms with Crippen LogP contribution in [-0.2, 0) is 11.2 Å². The fraction of sp³-hybridized carbons (Fsp3) is 0.600. The largest absolute Gasteiger partial charge is 0.387 e. The summed E-state index contributed by atoms with van der Waals surface area (Å²) < 4.78 is 4.94. The maximum absolute atomic E-state index is 9.99. The fourth-order valence-corrected chi connectivity index (χ4v) is 1.88. The van der Waals surface area contributed by atoms with E-state index in [1.54, 1.807) is 7.11 Å². The lowest BCUT2D eigenvalue weighted by atomic mass is 10.0. The Labute approximate surface area is 110 Å². The highest BCUT2D eigenvalue weighted by Crippen LogP contribution is 2.15. The summed E-state index contributed by atoms with van der Waals surface area (Å²) in [6, 6.07) is 8.24. The van der Waals surface area contributed by atoms with Crippen molar-refractivity contribution in [2.24, 2.45) is 5.92 Å². The van der Waals surface area contributed by atoms with Crippen molar-refractivity contribution < 1.29 is 9.84 Å². The van der Waals surface area contributed by atoms with Crippen molar-refractivity contribution in [3.63, 3.8) is 0 Å². The van der Waals surface area contributed by atoms with Crippen molar-refractivity contribution in [2.75, 3.05) is 26.8 Å². The van der Waals surface area contributed by atoms with Crippen LogP contribution in [0.15, 0.2) is 24.3 Å². The summed E-state index contributed by atoms with van der Waals surface area (Å²) in [7, 11) is 1.67. The minimum Gasteiger partial charge on any atom is -0.387 e. The first-order valence-corrected chi connectivity index (χ1v) is 6.60. The van der Waals surface area contributed by atoms with Gasteiger partial charge in [0.1, 0.15) is 0 Å². The first kappa shape index (κ1) is 15.2. The highest BCUT2D eigenvalue weighted by atomic mass is 16.5. The van der Waals surface area contributed by atoms with E-state index in [9.17, 15) is 5.11 Å². The van der Waals surface area contributed by atoms with Crippen molar-refractivity contribution in [2.45, 2.75) is 26.4 Å². The summed E-state index contributed by atoms with van der Waals surface area (Å²) >= 11 is 0. The lowest BCUT2D eigenvalue weighted by molar-refractivity contribution is 0.161. The minimum absolute atomic E-state index is 0.449. The van der Waals surface area contributed by atoms with Crippen molar-refractivity contribution in [1.82, 2.24) is 5.32 Å². The van der Waals surface area contributed by atoms with Crippen molar-refractivity contribution in [3.8, 4) is 0 Å². The normalized spacial score (nSPS) is 12.9. The van der Waals surface area contributed by atoms with Crippen LogP contribution in [-0.4, -0.2) is 31.9 Å². The second kappa shape index (κ2) is 8.25. The molecule has 0 amide bonds. The predicted octanol–water partition coefficient (Wildman–Crippen LogP) is 2.15. The van der Waals surface area contributed by atoms with Gasteiger partial charge in [-0.3, -0.25) is 0 Å². The van der Waals surface area contributed by atoms with Crippen LogP contribution in [0.25, 0.3) is 0 Å². The van der Waals surface area contributed by atoms with E-state index < -0.39 is 6.10 Å². The van der Waals surface area contributed by atoms with E-state index in [1.165, 1.54) is 5.56 Å². The zero-order chi connectivity index (χ0) is 13.4. The fourth-order valence-electron chi connectivity index (χ4n) is 1.88. The number of ether oxygens (including phenoxy) is 1. The van der Waals surface area contributed by atoms with Gasteiger partial charge in [-0.25, -0.2) is 0 Å². The van der Waals surface area contributed by atoms with E-state index in [-0.39, 0.29) is 0 Å². The average Bonchev–Trinajstić information content (AvgIpc) is 2.34. The van der Waals surface area contributed by atoms with Crippen molar-refractivity contribution in [3.05, 3.63) is 35.4 Å². The summed E-state index contributed by atoms with van der Waals surface area (Å²) in [5.74, 6) is 0.663. The number of benzene rings is 1. The Morgan fingerprint density at radius 3 is 2.44 bits per heavy atom. The van der Waals surface area contributed by atoms with Gasteiger partial charge in [0.15, 0.2) is 0 Å². The molecule has 2 N–H and O–H groups in total. The molecule has 3 nitrogen and oxygen atoms in total. The van der Waals surface area contributed by atoms with Crippen LogP contribution < -0.4 is 5.32 Å². The first-order valence-electron chi connectivity index (χ1n) is 6.60. The molecule has 1 unspecified atom stereocenters. The lowest BCUT2D eigenvalue weighted by Crippen LogP contribution is -2.24. The molecule has 0 saturated carbocycles. The lowest BCUT2D eigenvalue weighted by Gasteiger charge is -2.13. The standard InChI is InChI=1S/C15H25NO2/c1-12(2)10-13-4-6-14(7-5-13)15(17)11-16-8-9-18-3/h4-7,12,15-17H,8-11H2,1-3H3. The molecule has 0 fully saturated rings. The molecule has 0 spiro atoms. The number of aliphatic hydroxyl groups is 1. The number of aliphatic hydroxyl groups excluding tert-OH is 1. The Morgan fingerprint density at radius 1 is 1.22 bits per heavy atom. The molecule has 18 heavy (non-hydrogen) atoms. The van der Waals surface area contributed by atoms with Gasteiger partial charge in [-0.1, -0.05) is 38.1 Å². The van der Waals surface area contributed by atoms with Gasteiger partial charge in [-0.15, -0.1) is 0 Å². The van der Waals surface area contributed by atoms with Crippen LogP contribution in [0, 0.1) is 5.92 Å². The highest BCUT2D eigenvalue weighted by molar-refractivity contribution is 5.24. The Bertz CT molecular complexity index is 322. The zero-order valence-electron chi connectivity index (χ0n) is 11.6. The van der Waals surface area contributed by atoms with Gasteiger partial charge < -0.3 is 15.2 Å². The van der Waals surface area contributed by atoms with E-state index in [1.807, 2.05) is 12.1 Å². The molecule has 1 atom stereocenters. The number of methoxy groups -OCH3 is 1. The second-order valence-electron chi connectivity index (χ2n) is 5.05. The second-order valence-corrected chi connectivity index (χ2v) is 5.05. The molecule has 0 radical (unpaired) electrons. The molecule has 0 bridgehead atoms. The Hall–Kier alpha value is -0.900. The molecule has 0 saturated heterocycles. The van der Waals surface area contributed by atoms with Crippen LogP contribution in [0.4, 0.5) is 0 Å². The molecule has 0 aliphatic heterocycles. The van der Waals surface area contributed by atoms with E-state index in [0.29, 0.717) is 19.1 Å². The molecule has 0 aliphatic carbocycles. The van der Waals surface area contributed by atoms with E-state index in [0.717, 1.165) is 18.5 Å². The number of hydrogen-bond acceptors (Lipinski definition) is 3. The number of nitrogens with one attached hydrogen (secondary N) is 1. The Morgan fingerprint density at radius 2 is 1.89 bits per heavy atom. The van der Waals surface area contributed by atoms with Crippen LogP contribution in [0.5, 0.6) is 0 Å². The molecule has 3 heteroatoms. The molecule has 1 rings (SSSR count). The Balaban J connectivity index is 2.41. The SMILES string of the molecule is COCCNCC(O)c1ccc(CC(C)C)cc1. The molecule has 0 heterocycles. The quantitative estimate of drug-likeness (QED) is 0.696. The smallest absolute Gasteiger partial charge is 0.0914 e. The summed E-state index contributed by atoms with van der Waals surface area (Å²) in [6.07, 6.45) is 0.637. The topological polar surface area (TPSA) is 41.5 Å². The molecule has 0 aliphatic rings. The summed E-state index contributed by atoms with van der Waals surface area (Å²) in [5.41, 5.74) is 2.29. The number of hydrogen-bond donors (Lipinski definition) is 2. The van der Waals surface area contributed by atoms with Crippen LogP contribution in [0.1, 0.15) is 31.1 Å². The van der Waals surface area contributed by atoms with Gasteiger partial charge >= 0.3 is 0 Å². The molecule has 1 aromatic carbocycles. The van der Waals surface area contributed by atoms with Gasteiger partial charge in [0.25, 0.3) is 0 Å². The third-order valence-corrected chi connectivity index (χ3v) is 2.83. The summed E-state index contributed by atoms with van der Waals surface area (Å²) in [4.78, 5) is 0. The maximum atomic E-state index is 9.99. The number of rotatable bonds is 8. The van der Waals surface area contributed by atoms with Gasteiger partial charge in [-0.2, -0.15) is 0 Å². The third kappa shape index (κ3) is 5.63. The Kier molecular flexibility index (Phi) is 6.94. The molecule has 1 aromatic rings. The van der Waals surface area contributed by atoms with Gasteiger partial charge in [0.05, 0.1) is 12.7 Å². The summed E-state index contributed by atoms with van der Waals surface area (Å²) in [5, 5.41) is 13.1. The first-order chi connectivity index (χ1) is 8.63. The van der Waals surface area contributed by atoms with Crippen molar-refractivity contribution >= 4 is 0 Å². The van der Waals surface area contributed by atoms with Gasteiger partial charge in [0, 0.05) is 20.2 Å². The van der Waals surface area contributed by atoms with Crippen LogP contribution in [0.3, 0.4) is 0 Å². The molecular formula is C15H25NO2. The predicted molar refractivity (Wildman–Crippen MR) is 74.7 cm³/mol. The van der Waals surface area contributed by atoms with Crippen LogP contribution >= 0.6 is 0 Å². The van der Waals surface area contributed by atoms with Gasteiger partial charge in [-0.05, 0) is 23.5 Å². The monoisotopic (exact) mass is 251 g/mol. The third-order valence-electron chi connectivity index (χ3n) is 2.83. The molecular weight excluding hydrogens is 226 g/mol. The van der Waals surface area contributed by atoms with Crippen LogP contribution in [0.2, 0.25) is 0 Å². The van der Waals surface area contributed by atoms with E-state index in [4.69, 9.17) is 4.74 Å². The highest BCUT2D eigenvalue weighted by Gasteiger charge is 2.07. The van der Waals surface area contributed by atoms with Gasteiger partial charge in [0.2, 0.25) is 0 Å². The zero-order valence-corrected chi connectivity index (χ0v) is 11.6. The maximum Gasteiger partial charge on any atom is 0.0914 e. The molecule has 102 valence electrons. The molecule has 0 aromatic heterocycles. The minimum atomic E-state index is -0.449.